The second-order valence-corrected chi connectivity index (χ2v) is 12.6. The zero-order valence-corrected chi connectivity index (χ0v) is 24.7. The molecule has 0 aliphatic heterocycles. The molecule has 0 saturated heterocycles. The Balaban J connectivity index is 1.81. The van der Waals surface area contributed by atoms with E-state index in [0.717, 1.165) is 30.4 Å². The van der Waals surface area contributed by atoms with Crippen LogP contribution in [0.2, 0.25) is 5.02 Å². The van der Waals surface area contributed by atoms with E-state index in [1.807, 2.05) is 30.1 Å². The third-order valence-corrected chi connectivity index (χ3v) is 9.74. The maximum atomic E-state index is 14.7. The molecule has 2 aromatic carbocycles. The van der Waals surface area contributed by atoms with Crippen LogP contribution >= 0.6 is 11.6 Å². The minimum Gasteiger partial charge on any atom is -0.395 e. The number of benzene rings is 2. The van der Waals surface area contributed by atoms with Crippen LogP contribution in [-0.4, -0.2) is 64.5 Å². The summed E-state index contributed by atoms with van der Waals surface area (Å²) in [5.74, 6) is -0.840. The monoisotopic (exact) mass is 571 g/mol. The minimum absolute atomic E-state index is 0.0131. The van der Waals surface area contributed by atoms with Gasteiger partial charge in [0.25, 0.3) is 0 Å². The fraction of sp³-hybridized carbons (Fsp3) is 0.545. The molecule has 4 atom stereocenters. The molecule has 40 heavy (non-hydrogen) atoms. The lowest BCUT2D eigenvalue weighted by molar-refractivity contribution is -0.0810. The van der Waals surface area contributed by atoms with Crippen molar-refractivity contribution >= 4 is 17.4 Å². The molecule has 218 valence electrons. The lowest BCUT2D eigenvalue weighted by atomic mass is 9.64. The van der Waals surface area contributed by atoms with Gasteiger partial charge in [0.15, 0.2) is 5.78 Å². The van der Waals surface area contributed by atoms with Gasteiger partial charge in [-0.1, -0.05) is 48.4 Å². The van der Waals surface area contributed by atoms with Gasteiger partial charge in [0.2, 0.25) is 0 Å². The van der Waals surface area contributed by atoms with Crippen molar-refractivity contribution < 1.29 is 24.5 Å². The number of nitrogens with zero attached hydrogens (tertiary/aromatic N) is 1. The Hall–Kier alpha value is -2.09. The third-order valence-electron chi connectivity index (χ3n) is 9.38. The van der Waals surface area contributed by atoms with Gasteiger partial charge in [0.1, 0.15) is 5.82 Å². The fourth-order valence-electron chi connectivity index (χ4n) is 6.89. The number of hydrogen-bond donors (Lipinski definition) is 3. The first-order valence-corrected chi connectivity index (χ1v) is 14.8. The molecule has 3 N–H and O–H groups in total. The standard InChI is InChI=1S/C33H43ClFNO4/c1-22-6-5-14-32(2)28(13-15-33(32,40)21-36(3)16-17-37)25-12-10-23(18-24(38)11-9-22)19-26(25)31(39)20-27-29(34)7-4-8-30(27)35/h4,6-8,10,12,19,24,28,37-38,40H,5,9,11,13-18,20-21H2,1-3H3. The molecule has 1 fully saturated rings. The smallest absolute Gasteiger partial charge is 0.167 e. The second kappa shape index (κ2) is 12.8. The van der Waals surface area contributed by atoms with Crippen molar-refractivity contribution in [1.82, 2.24) is 4.90 Å². The van der Waals surface area contributed by atoms with Crippen LogP contribution in [0.3, 0.4) is 0 Å². The van der Waals surface area contributed by atoms with Crippen molar-refractivity contribution in [1.29, 1.82) is 0 Å². The van der Waals surface area contributed by atoms with Gasteiger partial charge in [0, 0.05) is 41.1 Å². The Morgan fingerprint density at radius 3 is 2.70 bits per heavy atom. The fourth-order valence-corrected chi connectivity index (χ4v) is 7.12. The van der Waals surface area contributed by atoms with Crippen LogP contribution in [0.1, 0.15) is 85.3 Å². The van der Waals surface area contributed by atoms with Gasteiger partial charge in [-0.05, 0) is 94.2 Å². The number of fused-ring (bicyclic) bond motifs is 8. The number of hydrogen-bond acceptors (Lipinski definition) is 5. The van der Waals surface area contributed by atoms with Crippen molar-refractivity contribution in [2.45, 2.75) is 82.8 Å². The Kier molecular flexibility index (Phi) is 9.90. The summed E-state index contributed by atoms with van der Waals surface area (Å²) in [5.41, 5.74) is 2.05. The second-order valence-electron chi connectivity index (χ2n) is 12.2. The van der Waals surface area contributed by atoms with Gasteiger partial charge in [0.05, 0.1) is 18.3 Å². The van der Waals surface area contributed by atoms with Crippen LogP contribution in [0.25, 0.3) is 0 Å². The highest BCUT2D eigenvalue weighted by Gasteiger charge is 2.57. The molecular weight excluding hydrogens is 529 g/mol. The number of carbonyl (C=O) groups is 1. The molecule has 0 amide bonds. The number of likely N-dealkylation sites (N-methyl/N-ethyl adjacent to an activating group) is 1. The summed E-state index contributed by atoms with van der Waals surface area (Å²) in [4.78, 5) is 15.9. The topological polar surface area (TPSA) is 81.0 Å². The summed E-state index contributed by atoms with van der Waals surface area (Å²) in [6, 6.07) is 10.3. The molecule has 4 unspecified atom stereocenters. The maximum absolute atomic E-state index is 14.7. The number of halogens is 2. The highest BCUT2D eigenvalue weighted by atomic mass is 35.5. The molecule has 1 saturated carbocycles. The minimum atomic E-state index is -1.02. The summed E-state index contributed by atoms with van der Waals surface area (Å²) >= 11 is 6.29. The first-order chi connectivity index (χ1) is 19.0. The number of Topliss-reactive ketones (excluding diaryl/α,β-unsaturated/α-hetero) is 1. The SMILES string of the molecule is CC1=CCCC2(C)C(CCC2(O)CN(C)CCO)c2ccc(cc2C(=O)Cc2c(F)cccc2Cl)CC(O)CC1. The average molecular weight is 572 g/mol. The van der Waals surface area contributed by atoms with Crippen LogP contribution < -0.4 is 0 Å². The summed E-state index contributed by atoms with van der Waals surface area (Å²) in [7, 11) is 1.91. The predicted molar refractivity (Wildman–Crippen MR) is 157 cm³/mol. The van der Waals surface area contributed by atoms with Crippen LogP contribution in [0.5, 0.6) is 0 Å². The molecular formula is C33H43ClFNO4. The van der Waals surface area contributed by atoms with E-state index in [9.17, 15) is 24.5 Å². The van der Waals surface area contributed by atoms with E-state index in [4.69, 9.17) is 11.6 Å². The first kappa shape index (κ1) is 30.9. The number of allylic oxidation sites excluding steroid dienone is 2. The summed E-state index contributed by atoms with van der Waals surface area (Å²) in [6.07, 6.45) is 6.09. The molecule has 5 nitrogen and oxygen atoms in total. The average Bonchev–Trinajstić information content (AvgIpc) is 3.14. The normalized spacial score (nSPS) is 27.4. The van der Waals surface area contributed by atoms with Gasteiger partial charge < -0.3 is 20.2 Å². The van der Waals surface area contributed by atoms with E-state index < -0.39 is 22.9 Å². The Morgan fingerprint density at radius 1 is 1.20 bits per heavy atom. The van der Waals surface area contributed by atoms with E-state index in [-0.39, 0.29) is 35.3 Å². The highest BCUT2D eigenvalue weighted by molar-refractivity contribution is 6.31. The van der Waals surface area contributed by atoms with E-state index in [0.29, 0.717) is 44.3 Å². The van der Waals surface area contributed by atoms with E-state index >= 15 is 0 Å². The summed E-state index contributed by atoms with van der Waals surface area (Å²) in [6.45, 7) is 5.12. The van der Waals surface area contributed by atoms with Crippen LogP contribution in [-0.2, 0) is 12.8 Å². The molecule has 0 heterocycles. The van der Waals surface area contributed by atoms with Crippen molar-refractivity contribution in [3.63, 3.8) is 0 Å². The zero-order valence-electron chi connectivity index (χ0n) is 23.9. The van der Waals surface area contributed by atoms with Gasteiger partial charge in [-0.25, -0.2) is 4.39 Å². The van der Waals surface area contributed by atoms with Crippen molar-refractivity contribution in [2.24, 2.45) is 5.41 Å². The zero-order chi connectivity index (χ0) is 29.1. The van der Waals surface area contributed by atoms with E-state index in [1.54, 1.807) is 6.07 Å². The molecule has 5 rings (SSSR count). The van der Waals surface area contributed by atoms with Gasteiger partial charge in [-0.3, -0.25) is 4.79 Å². The van der Waals surface area contributed by atoms with Crippen LogP contribution in [0, 0.1) is 11.2 Å². The first-order valence-electron chi connectivity index (χ1n) is 14.4. The van der Waals surface area contributed by atoms with Gasteiger partial charge >= 0.3 is 0 Å². The number of ketones is 1. The van der Waals surface area contributed by atoms with Crippen molar-refractivity contribution in [3.8, 4) is 0 Å². The van der Waals surface area contributed by atoms with Gasteiger partial charge in [-0.2, -0.15) is 0 Å². The Labute approximate surface area is 242 Å². The molecule has 7 heteroatoms. The quantitative estimate of drug-likeness (QED) is 0.286. The number of aliphatic hydroxyl groups excluding tert-OH is 2. The molecule has 0 spiro atoms. The largest absolute Gasteiger partial charge is 0.395 e. The molecule has 2 aromatic rings. The van der Waals surface area contributed by atoms with Crippen LogP contribution in [0.15, 0.2) is 48.0 Å². The van der Waals surface area contributed by atoms with Crippen molar-refractivity contribution in [2.75, 3.05) is 26.7 Å². The molecule has 2 bridgehead atoms. The number of aliphatic hydroxyl groups is 3. The van der Waals surface area contributed by atoms with Crippen molar-refractivity contribution in [3.05, 3.63) is 81.1 Å². The molecule has 3 aliphatic carbocycles. The lowest BCUT2D eigenvalue weighted by Crippen LogP contribution is -2.52. The van der Waals surface area contributed by atoms with E-state index in [2.05, 4.69) is 19.9 Å². The van der Waals surface area contributed by atoms with E-state index in [1.165, 1.54) is 17.7 Å². The molecule has 0 radical (unpaired) electrons. The highest BCUT2D eigenvalue weighted by Crippen LogP contribution is 2.58. The summed E-state index contributed by atoms with van der Waals surface area (Å²) < 4.78 is 14.7. The number of carbonyl (C=O) groups excluding carboxylic acids is 1. The predicted octanol–water partition coefficient (Wildman–Crippen LogP) is 5.87. The Morgan fingerprint density at radius 2 is 1.98 bits per heavy atom. The van der Waals surface area contributed by atoms with Gasteiger partial charge in [-0.15, -0.1) is 0 Å². The number of rotatable bonds is 7. The third kappa shape index (κ3) is 6.52. The lowest BCUT2D eigenvalue weighted by Gasteiger charge is -2.45. The molecule has 0 aromatic heterocycles. The molecule has 3 aliphatic rings. The maximum Gasteiger partial charge on any atom is 0.167 e. The Bertz CT molecular complexity index is 1230. The van der Waals surface area contributed by atoms with Crippen LogP contribution in [0.4, 0.5) is 4.39 Å². The summed E-state index contributed by atoms with van der Waals surface area (Å²) in [5, 5.41) is 32.7.